The van der Waals surface area contributed by atoms with Gasteiger partial charge in [-0.3, -0.25) is 9.78 Å². The number of rotatable bonds is 3. The molecule has 1 aromatic carbocycles. The van der Waals surface area contributed by atoms with Crippen molar-refractivity contribution in [3.63, 3.8) is 0 Å². The van der Waals surface area contributed by atoms with Crippen LogP contribution in [0.4, 0.5) is 5.69 Å². The Morgan fingerprint density at radius 1 is 1.30 bits per heavy atom. The lowest BCUT2D eigenvalue weighted by molar-refractivity contribution is -0.119. The highest BCUT2D eigenvalue weighted by Gasteiger charge is 2.35. The van der Waals surface area contributed by atoms with Gasteiger partial charge in [0.2, 0.25) is 5.91 Å². The molecule has 1 aliphatic heterocycles. The number of amides is 1. The van der Waals surface area contributed by atoms with E-state index in [4.69, 9.17) is 0 Å². The maximum Gasteiger partial charge on any atom is 0.217 e. The van der Waals surface area contributed by atoms with Gasteiger partial charge in [0.1, 0.15) is 0 Å². The second-order valence-electron chi connectivity index (χ2n) is 6.92. The van der Waals surface area contributed by atoms with Crippen LogP contribution >= 0.6 is 0 Å². The van der Waals surface area contributed by atoms with Crippen LogP contribution < -0.4 is 10.2 Å². The Morgan fingerprint density at radius 3 is 2.74 bits per heavy atom. The molecule has 2 heterocycles. The summed E-state index contributed by atoms with van der Waals surface area (Å²) in [7, 11) is 0. The molecule has 0 aliphatic carbocycles. The Hall–Kier alpha value is -2.10. The first-order chi connectivity index (χ1) is 11.0. The number of anilines is 1. The Bertz CT molecular complexity index is 726. The van der Waals surface area contributed by atoms with E-state index in [0.717, 1.165) is 24.3 Å². The first-order valence-electron chi connectivity index (χ1n) is 8.34. The summed E-state index contributed by atoms with van der Waals surface area (Å²) in [6.45, 7) is 9.94. The molecule has 0 bridgehead atoms. The number of benzene rings is 1. The average molecular weight is 311 g/mol. The van der Waals surface area contributed by atoms with Gasteiger partial charge in [-0.25, -0.2) is 0 Å². The lowest BCUT2D eigenvalue weighted by Crippen LogP contribution is -2.40. The van der Waals surface area contributed by atoms with Crippen LogP contribution in [-0.2, 0) is 4.79 Å². The van der Waals surface area contributed by atoms with E-state index in [0.29, 0.717) is 11.8 Å². The van der Waals surface area contributed by atoms with E-state index in [-0.39, 0.29) is 11.9 Å². The van der Waals surface area contributed by atoms with Crippen molar-refractivity contribution in [1.82, 2.24) is 10.3 Å². The van der Waals surface area contributed by atoms with Crippen molar-refractivity contribution >= 4 is 22.5 Å². The van der Waals surface area contributed by atoms with Crippen LogP contribution in [-0.4, -0.2) is 30.0 Å². The zero-order valence-electron chi connectivity index (χ0n) is 14.3. The third-order valence-electron chi connectivity index (χ3n) is 4.77. The third kappa shape index (κ3) is 3.16. The summed E-state index contributed by atoms with van der Waals surface area (Å²) in [5.41, 5.74) is 3.29. The first kappa shape index (κ1) is 15.8. The quantitative estimate of drug-likeness (QED) is 0.947. The molecule has 2 aromatic rings. The fourth-order valence-corrected chi connectivity index (χ4v) is 3.66. The van der Waals surface area contributed by atoms with Crippen molar-refractivity contribution in [3.8, 4) is 0 Å². The van der Waals surface area contributed by atoms with Crippen LogP contribution in [0.1, 0.15) is 26.5 Å². The number of aryl methyl sites for hydroxylation is 1. The van der Waals surface area contributed by atoms with Crippen molar-refractivity contribution in [3.05, 3.63) is 36.0 Å². The van der Waals surface area contributed by atoms with E-state index in [1.807, 2.05) is 13.0 Å². The van der Waals surface area contributed by atoms with Crippen molar-refractivity contribution in [2.75, 3.05) is 18.0 Å². The zero-order chi connectivity index (χ0) is 16.6. The molecule has 1 aromatic heterocycles. The van der Waals surface area contributed by atoms with Crippen molar-refractivity contribution in [2.45, 2.75) is 33.7 Å². The Labute approximate surface area is 137 Å². The van der Waals surface area contributed by atoms with Crippen LogP contribution in [0, 0.1) is 18.8 Å². The number of hydrogen-bond acceptors (Lipinski definition) is 3. The fourth-order valence-electron chi connectivity index (χ4n) is 3.66. The Balaban J connectivity index is 1.98. The smallest absolute Gasteiger partial charge is 0.217 e. The topological polar surface area (TPSA) is 45.2 Å². The summed E-state index contributed by atoms with van der Waals surface area (Å²) in [5, 5.41) is 4.32. The van der Waals surface area contributed by atoms with Gasteiger partial charge in [-0.05, 0) is 25.0 Å². The van der Waals surface area contributed by atoms with Gasteiger partial charge < -0.3 is 10.2 Å². The lowest BCUT2D eigenvalue weighted by atomic mass is 9.91. The maximum atomic E-state index is 11.5. The number of pyridine rings is 1. The number of para-hydroxylation sites is 1. The molecule has 0 saturated carbocycles. The number of fused-ring (bicyclic) bond motifs is 1. The summed E-state index contributed by atoms with van der Waals surface area (Å²) in [5.74, 6) is 1.05. The largest absolute Gasteiger partial charge is 0.368 e. The molecule has 1 fully saturated rings. The van der Waals surface area contributed by atoms with Gasteiger partial charge in [-0.2, -0.15) is 0 Å². The molecule has 1 saturated heterocycles. The minimum absolute atomic E-state index is 0.0540. The molecule has 1 amide bonds. The van der Waals surface area contributed by atoms with E-state index in [2.05, 4.69) is 53.3 Å². The highest BCUT2D eigenvalue weighted by molar-refractivity contribution is 5.92. The predicted molar refractivity (Wildman–Crippen MR) is 94.6 cm³/mol. The van der Waals surface area contributed by atoms with Crippen LogP contribution in [0.15, 0.2) is 30.3 Å². The van der Waals surface area contributed by atoms with Crippen LogP contribution in [0.3, 0.4) is 0 Å². The van der Waals surface area contributed by atoms with Gasteiger partial charge in [0, 0.05) is 42.7 Å². The van der Waals surface area contributed by atoms with Crippen LogP contribution in [0.5, 0.6) is 0 Å². The summed E-state index contributed by atoms with van der Waals surface area (Å²) in [6, 6.07) is 10.7. The summed E-state index contributed by atoms with van der Waals surface area (Å²) in [4.78, 5) is 18.6. The number of carbonyl (C=O) groups is 1. The average Bonchev–Trinajstić information content (AvgIpc) is 2.89. The number of aromatic nitrogens is 1. The standard InChI is InChI=1S/C19H25N3O/c1-12(2)16-10-22(11-18(16)21-14(4)23)19-9-13(3)20-17-8-6-5-7-15(17)19/h5-9,12,16,18H,10-11H2,1-4H3,(H,21,23). The molecule has 0 radical (unpaired) electrons. The molecule has 3 rings (SSSR count). The molecular formula is C19H25N3O. The molecule has 23 heavy (non-hydrogen) atoms. The zero-order valence-corrected chi connectivity index (χ0v) is 14.3. The van der Waals surface area contributed by atoms with E-state index >= 15 is 0 Å². The highest BCUT2D eigenvalue weighted by atomic mass is 16.1. The number of hydrogen-bond donors (Lipinski definition) is 1. The van der Waals surface area contributed by atoms with Crippen molar-refractivity contribution < 1.29 is 4.79 Å². The van der Waals surface area contributed by atoms with E-state index in [1.54, 1.807) is 6.92 Å². The SMILES string of the molecule is CC(=O)NC1CN(c2cc(C)nc3ccccc23)CC1C(C)C. The monoisotopic (exact) mass is 311 g/mol. The summed E-state index contributed by atoms with van der Waals surface area (Å²) in [6.07, 6.45) is 0. The molecule has 122 valence electrons. The van der Waals surface area contributed by atoms with Crippen molar-refractivity contribution in [2.24, 2.45) is 11.8 Å². The molecule has 4 nitrogen and oxygen atoms in total. The van der Waals surface area contributed by atoms with Crippen LogP contribution in [0.25, 0.3) is 10.9 Å². The minimum atomic E-state index is 0.0540. The highest BCUT2D eigenvalue weighted by Crippen LogP contribution is 2.33. The molecule has 1 N–H and O–H groups in total. The second-order valence-corrected chi connectivity index (χ2v) is 6.92. The lowest BCUT2D eigenvalue weighted by Gasteiger charge is -2.22. The summed E-state index contributed by atoms with van der Waals surface area (Å²) < 4.78 is 0. The number of carbonyl (C=O) groups excluding carboxylic acids is 1. The van der Waals surface area contributed by atoms with E-state index in [1.165, 1.54) is 11.1 Å². The molecule has 1 aliphatic rings. The van der Waals surface area contributed by atoms with E-state index in [9.17, 15) is 4.79 Å². The van der Waals surface area contributed by atoms with Crippen LogP contribution in [0.2, 0.25) is 0 Å². The van der Waals surface area contributed by atoms with Gasteiger partial charge in [-0.15, -0.1) is 0 Å². The predicted octanol–water partition coefficient (Wildman–Crippen LogP) is 3.14. The normalized spacial score (nSPS) is 21.2. The molecule has 2 unspecified atom stereocenters. The van der Waals surface area contributed by atoms with Gasteiger partial charge >= 0.3 is 0 Å². The maximum absolute atomic E-state index is 11.5. The molecule has 0 spiro atoms. The minimum Gasteiger partial charge on any atom is -0.368 e. The van der Waals surface area contributed by atoms with Gasteiger partial charge in [-0.1, -0.05) is 32.0 Å². The van der Waals surface area contributed by atoms with Crippen molar-refractivity contribution in [1.29, 1.82) is 0 Å². The second kappa shape index (κ2) is 6.19. The number of nitrogens with one attached hydrogen (secondary N) is 1. The molecule has 4 heteroatoms. The van der Waals surface area contributed by atoms with Gasteiger partial charge in [0.05, 0.1) is 11.6 Å². The third-order valence-corrected chi connectivity index (χ3v) is 4.77. The Morgan fingerprint density at radius 2 is 2.04 bits per heavy atom. The molecule has 2 atom stereocenters. The first-order valence-corrected chi connectivity index (χ1v) is 8.34. The summed E-state index contributed by atoms with van der Waals surface area (Å²) >= 11 is 0. The number of nitrogens with zero attached hydrogens (tertiary/aromatic N) is 2. The molecular weight excluding hydrogens is 286 g/mol. The van der Waals surface area contributed by atoms with Gasteiger partial charge in [0.25, 0.3) is 0 Å². The van der Waals surface area contributed by atoms with E-state index < -0.39 is 0 Å². The van der Waals surface area contributed by atoms with Gasteiger partial charge in [0.15, 0.2) is 0 Å². The fraction of sp³-hybridized carbons (Fsp3) is 0.474. The Kier molecular flexibility index (Phi) is 4.24.